The number of benzene rings is 1. The molecule has 1 aromatic carbocycles. The fraction of sp³-hybridized carbons (Fsp3) is 0.682. The number of rotatable bonds is 0. The van der Waals surface area contributed by atoms with Crippen molar-refractivity contribution < 1.29 is 20.1 Å². The van der Waals surface area contributed by atoms with Crippen LogP contribution in [-0.2, 0) is 4.79 Å². The number of aryl methyl sites for hydroxylation is 1. The zero-order valence-corrected chi connectivity index (χ0v) is 19.5. The minimum Gasteiger partial charge on any atom is -0.852 e. The first-order valence-electron chi connectivity index (χ1n) is 9.49. The van der Waals surface area contributed by atoms with Crippen LogP contribution in [0, 0.1) is 6.92 Å². The quantitative estimate of drug-likeness (QED) is 0.632. The van der Waals surface area contributed by atoms with Gasteiger partial charge in [-0.2, -0.15) is 0 Å². The first kappa shape index (κ1) is 33.9. The van der Waals surface area contributed by atoms with Crippen LogP contribution in [0.25, 0.3) is 0 Å². The van der Waals surface area contributed by atoms with Crippen molar-refractivity contribution in [2.75, 3.05) is 0 Å². The molecule has 1 fully saturated rings. The predicted octanol–water partition coefficient (Wildman–Crippen LogP) is 2.40. The maximum Gasteiger partial charge on any atom is 3.00 e. The smallest absolute Gasteiger partial charge is 0.852 e. The van der Waals surface area contributed by atoms with Gasteiger partial charge >= 0.3 is 17.4 Å². The molecular weight excluding hydrogens is 355 g/mol. The average molecular weight is 395 g/mol. The molecule has 2 rings (SSSR count). The van der Waals surface area contributed by atoms with E-state index in [1.54, 1.807) is 41.5 Å². The molecule has 0 radical (unpaired) electrons. The first-order chi connectivity index (χ1) is 12.0. The van der Waals surface area contributed by atoms with Gasteiger partial charge in [-0.15, -0.1) is 18.3 Å². The molecule has 1 saturated carbocycles. The average Bonchev–Trinajstić information content (AvgIpc) is 2.47. The van der Waals surface area contributed by atoms with E-state index in [4.69, 9.17) is 0 Å². The van der Waals surface area contributed by atoms with Crippen LogP contribution in [0.3, 0.4) is 0 Å². The fourth-order valence-corrected chi connectivity index (χ4v) is 1.48. The standard InChI is InChI=1S/C7H8.C6H10O.3C3H7O.Al/c1-7-5-3-2-4-6-7;7-6-4-2-1-3-5-6;3*1-3(2)4;/h2-6H,1H3;1-5H2;3*3H,1-2H3;/q;;3*-1;+3. The van der Waals surface area contributed by atoms with Crippen LogP contribution in [0.1, 0.15) is 79.2 Å². The van der Waals surface area contributed by atoms with Gasteiger partial charge < -0.3 is 15.3 Å². The zero-order chi connectivity index (χ0) is 21.0. The molecule has 0 bridgehead atoms. The van der Waals surface area contributed by atoms with Gasteiger partial charge in [0.05, 0.1) is 0 Å². The minimum atomic E-state index is -0.417. The van der Waals surface area contributed by atoms with Crippen LogP contribution in [0.5, 0.6) is 0 Å². The first-order valence-corrected chi connectivity index (χ1v) is 9.49. The molecule has 4 nitrogen and oxygen atoms in total. The Kier molecular flexibility index (Phi) is 31.7. The van der Waals surface area contributed by atoms with Crippen LogP contribution in [-0.4, -0.2) is 41.5 Å². The van der Waals surface area contributed by atoms with E-state index in [1.807, 2.05) is 18.2 Å². The van der Waals surface area contributed by atoms with E-state index in [1.165, 1.54) is 12.0 Å². The Bertz CT molecular complexity index is 362. The molecule has 27 heavy (non-hydrogen) atoms. The molecule has 154 valence electrons. The molecule has 1 aliphatic rings. The van der Waals surface area contributed by atoms with Gasteiger partial charge in [-0.05, 0) is 19.8 Å². The number of carbonyl (C=O) groups is 1. The second-order valence-electron chi connectivity index (χ2n) is 6.90. The van der Waals surface area contributed by atoms with E-state index < -0.39 is 18.3 Å². The second kappa shape index (κ2) is 25.3. The Balaban J connectivity index is -0.000000125. The third-order valence-electron chi connectivity index (χ3n) is 2.35. The van der Waals surface area contributed by atoms with Crippen molar-refractivity contribution in [2.45, 2.75) is 98.9 Å². The monoisotopic (exact) mass is 394 g/mol. The number of carbonyl (C=O) groups excluding carboxylic acids is 1. The van der Waals surface area contributed by atoms with E-state index in [0.717, 1.165) is 25.7 Å². The zero-order valence-electron chi connectivity index (χ0n) is 18.4. The van der Waals surface area contributed by atoms with E-state index in [9.17, 15) is 20.1 Å². The maximum atomic E-state index is 10.5. The normalized spacial score (nSPS) is 12.1. The summed E-state index contributed by atoms with van der Waals surface area (Å²) in [5.74, 6) is 0.464. The van der Waals surface area contributed by atoms with Crippen molar-refractivity contribution in [3.05, 3.63) is 35.9 Å². The molecule has 0 aromatic heterocycles. The van der Waals surface area contributed by atoms with Gasteiger partial charge in [-0.1, -0.05) is 83.9 Å². The van der Waals surface area contributed by atoms with Gasteiger partial charge in [0.15, 0.2) is 0 Å². The summed E-state index contributed by atoms with van der Waals surface area (Å²) in [6.07, 6.45) is 3.99. The molecule has 0 spiro atoms. The molecule has 0 saturated heterocycles. The van der Waals surface area contributed by atoms with Crippen molar-refractivity contribution in [3.8, 4) is 0 Å². The predicted molar refractivity (Wildman–Crippen MR) is 110 cm³/mol. The second-order valence-corrected chi connectivity index (χ2v) is 6.90. The van der Waals surface area contributed by atoms with Crippen LogP contribution in [0.2, 0.25) is 0 Å². The van der Waals surface area contributed by atoms with Crippen molar-refractivity contribution in [1.82, 2.24) is 0 Å². The fourth-order valence-electron chi connectivity index (χ4n) is 1.48. The molecular formula is C22H39AlO4. The SMILES string of the molecule is CC(C)[O-].CC(C)[O-].CC(C)[O-].Cc1ccccc1.O=C1CCCCC1.[Al+3]. The van der Waals surface area contributed by atoms with Crippen molar-refractivity contribution in [1.29, 1.82) is 0 Å². The summed E-state index contributed by atoms with van der Waals surface area (Å²) < 4.78 is 0. The van der Waals surface area contributed by atoms with Crippen LogP contribution >= 0.6 is 0 Å². The van der Waals surface area contributed by atoms with Gasteiger partial charge in [0.2, 0.25) is 0 Å². The minimum absolute atomic E-state index is 0. The molecule has 0 N–H and O–H groups in total. The van der Waals surface area contributed by atoms with E-state index in [0.29, 0.717) is 5.78 Å². The molecule has 1 aromatic rings. The van der Waals surface area contributed by atoms with Crippen molar-refractivity contribution in [3.63, 3.8) is 0 Å². The Hall–Kier alpha value is -0.698. The summed E-state index contributed by atoms with van der Waals surface area (Å²) in [5, 5.41) is 28.6. The van der Waals surface area contributed by atoms with Gasteiger partial charge in [0.25, 0.3) is 0 Å². The summed E-state index contributed by atoms with van der Waals surface area (Å²) in [6, 6.07) is 10.3. The summed E-state index contributed by atoms with van der Waals surface area (Å²) in [6.45, 7) is 11.8. The molecule has 0 atom stereocenters. The van der Waals surface area contributed by atoms with Gasteiger partial charge in [-0.25, -0.2) is 0 Å². The van der Waals surface area contributed by atoms with Gasteiger partial charge in [0.1, 0.15) is 5.78 Å². The number of hydrogen-bond donors (Lipinski definition) is 0. The van der Waals surface area contributed by atoms with Gasteiger partial charge in [-0.3, -0.25) is 4.79 Å². The summed E-state index contributed by atoms with van der Waals surface area (Å²) in [5.41, 5.74) is 1.32. The largest absolute Gasteiger partial charge is 3.00 e. The summed E-state index contributed by atoms with van der Waals surface area (Å²) in [4.78, 5) is 10.5. The molecule has 5 heteroatoms. The Morgan fingerprint density at radius 1 is 0.704 bits per heavy atom. The molecule has 0 aliphatic heterocycles. The Labute approximate surface area is 178 Å². The summed E-state index contributed by atoms with van der Waals surface area (Å²) in [7, 11) is 0. The molecule has 0 heterocycles. The maximum absolute atomic E-state index is 10.5. The van der Waals surface area contributed by atoms with Crippen LogP contribution in [0.4, 0.5) is 0 Å². The summed E-state index contributed by atoms with van der Waals surface area (Å²) >= 11 is 0. The van der Waals surface area contributed by atoms with Crippen molar-refractivity contribution in [2.24, 2.45) is 0 Å². The third kappa shape index (κ3) is 58.7. The van der Waals surface area contributed by atoms with E-state index in [2.05, 4.69) is 19.1 Å². The van der Waals surface area contributed by atoms with Crippen LogP contribution < -0.4 is 15.3 Å². The van der Waals surface area contributed by atoms with Crippen molar-refractivity contribution >= 4 is 23.1 Å². The van der Waals surface area contributed by atoms with Gasteiger partial charge in [0, 0.05) is 12.8 Å². The third-order valence-corrected chi connectivity index (χ3v) is 2.35. The Morgan fingerprint density at radius 2 is 1.00 bits per heavy atom. The number of Topliss-reactive ketones (excluding diaryl/α,β-unsaturated/α-hetero) is 1. The Morgan fingerprint density at radius 3 is 1.15 bits per heavy atom. The topological polar surface area (TPSA) is 86.2 Å². The molecule has 1 aliphatic carbocycles. The number of ketones is 1. The van der Waals surface area contributed by atoms with Crippen LogP contribution in [0.15, 0.2) is 30.3 Å². The van der Waals surface area contributed by atoms with E-state index >= 15 is 0 Å². The van der Waals surface area contributed by atoms with E-state index in [-0.39, 0.29) is 17.4 Å². The molecule has 0 unspecified atom stereocenters. The number of hydrogen-bond acceptors (Lipinski definition) is 4. The molecule has 0 amide bonds.